The van der Waals surface area contributed by atoms with Crippen LogP contribution < -0.4 is 10.7 Å². The molecule has 0 saturated heterocycles. The van der Waals surface area contributed by atoms with Crippen molar-refractivity contribution >= 4 is 17.3 Å². The lowest BCUT2D eigenvalue weighted by atomic mass is 10.0. The molecule has 0 radical (unpaired) electrons. The van der Waals surface area contributed by atoms with Crippen molar-refractivity contribution in [2.45, 2.75) is 19.4 Å². The lowest BCUT2D eigenvalue weighted by Gasteiger charge is -2.37. The molecule has 0 saturated carbocycles. The van der Waals surface area contributed by atoms with E-state index in [0.29, 0.717) is 17.8 Å². The van der Waals surface area contributed by atoms with Gasteiger partial charge >= 0.3 is 6.03 Å². The molecule has 0 spiro atoms. The molecule has 0 fully saturated rings. The molecule has 10 heteroatoms. The average Bonchev–Trinajstić information content (AvgIpc) is 3.10. The molecule has 4 rings (SSSR count). The first-order valence-corrected chi connectivity index (χ1v) is 9.08. The number of urea groups is 1. The van der Waals surface area contributed by atoms with E-state index in [1.807, 2.05) is 6.92 Å². The number of anilines is 1. The van der Waals surface area contributed by atoms with Crippen molar-refractivity contribution in [2.75, 3.05) is 11.9 Å². The Labute approximate surface area is 169 Å². The lowest BCUT2D eigenvalue weighted by molar-refractivity contribution is 0.146. The zero-order valence-electron chi connectivity index (χ0n) is 15.7. The predicted octanol–water partition coefficient (Wildman–Crippen LogP) is 4.24. The van der Waals surface area contributed by atoms with Gasteiger partial charge in [-0.25, -0.2) is 22.4 Å². The second-order valence-corrected chi connectivity index (χ2v) is 6.89. The predicted molar refractivity (Wildman–Crippen MR) is 102 cm³/mol. The highest BCUT2D eigenvalue weighted by atomic mass is 19.3. The number of amides is 2. The normalized spacial score (nSPS) is 18.0. The standard InChI is InChI=1S/C20H17F4N5O/c1-11-9-29-18(15(8-26-29)14-3-2-12(21)6-16(14)22)10-28(11)20(30)27-13-4-5-25-17(7-13)19(23)24/h2-8,10-11,19,26H,9H2,1H3,(H,25,27,30). The number of aromatic nitrogens is 1. The molecule has 0 aliphatic carbocycles. The minimum absolute atomic E-state index is 0.184. The van der Waals surface area contributed by atoms with Crippen LogP contribution in [0.2, 0.25) is 0 Å². The molecule has 2 aliphatic heterocycles. The number of hydrazine groups is 1. The van der Waals surface area contributed by atoms with Gasteiger partial charge in [0.05, 0.1) is 18.3 Å². The topological polar surface area (TPSA) is 60.5 Å². The number of halogens is 4. The summed E-state index contributed by atoms with van der Waals surface area (Å²) in [5, 5.41) is 4.32. The summed E-state index contributed by atoms with van der Waals surface area (Å²) in [4.78, 5) is 17.7. The molecule has 6 nitrogen and oxygen atoms in total. The number of hydrogen-bond acceptors (Lipinski definition) is 4. The average molecular weight is 419 g/mol. The Bertz CT molecular complexity index is 1060. The largest absolute Gasteiger partial charge is 0.326 e. The smallest absolute Gasteiger partial charge is 0.307 e. The van der Waals surface area contributed by atoms with Gasteiger partial charge < -0.3 is 10.7 Å². The SMILES string of the molecule is CC1CN2NC=C(c3ccc(F)cc3F)C2=CN1C(=O)Nc1ccnc(C(F)F)c1. The summed E-state index contributed by atoms with van der Waals surface area (Å²) >= 11 is 0. The van der Waals surface area contributed by atoms with Gasteiger partial charge in [-0.05, 0) is 31.2 Å². The van der Waals surface area contributed by atoms with Gasteiger partial charge in [0.1, 0.15) is 17.3 Å². The van der Waals surface area contributed by atoms with Crippen LogP contribution in [0, 0.1) is 11.6 Å². The third-order valence-electron chi connectivity index (χ3n) is 4.83. The Kier molecular flexibility index (Phi) is 5.06. The Balaban J connectivity index is 1.60. The molecule has 1 aromatic carbocycles. The second-order valence-electron chi connectivity index (χ2n) is 6.89. The third-order valence-corrected chi connectivity index (χ3v) is 4.83. The van der Waals surface area contributed by atoms with Crippen molar-refractivity contribution in [3.05, 3.63) is 77.5 Å². The summed E-state index contributed by atoms with van der Waals surface area (Å²) in [5.74, 6) is -1.41. The minimum Gasteiger partial charge on any atom is -0.307 e. The van der Waals surface area contributed by atoms with Gasteiger partial charge in [-0.2, -0.15) is 0 Å². The number of alkyl halides is 2. The number of pyridine rings is 1. The molecule has 0 bridgehead atoms. The van der Waals surface area contributed by atoms with Crippen LogP contribution in [0.25, 0.3) is 5.57 Å². The van der Waals surface area contributed by atoms with Crippen LogP contribution in [0.5, 0.6) is 0 Å². The third kappa shape index (κ3) is 3.68. The van der Waals surface area contributed by atoms with E-state index in [2.05, 4.69) is 15.7 Å². The molecule has 30 heavy (non-hydrogen) atoms. The van der Waals surface area contributed by atoms with Crippen molar-refractivity contribution in [3.8, 4) is 0 Å². The highest BCUT2D eigenvalue weighted by Gasteiger charge is 2.33. The summed E-state index contributed by atoms with van der Waals surface area (Å²) in [6, 6.07) is 4.98. The van der Waals surface area contributed by atoms with Crippen molar-refractivity contribution < 1.29 is 22.4 Å². The fraction of sp³-hybridized carbons (Fsp3) is 0.200. The van der Waals surface area contributed by atoms with Gasteiger partial charge in [-0.3, -0.25) is 14.9 Å². The Hall–Kier alpha value is -3.56. The zero-order valence-corrected chi connectivity index (χ0v) is 15.7. The summed E-state index contributed by atoms with van der Waals surface area (Å²) < 4.78 is 53.2. The van der Waals surface area contributed by atoms with Crippen LogP contribution >= 0.6 is 0 Å². The monoisotopic (exact) mass is 419 g/mol. The van der Waals surface area contributed by atoms with E-state index in [4.69, 9.17) is 0 Å². The van der Waals surface area contributed by atoms with Crippen LogP contribution in [0.1, 0.15) is 24.6 Å². The highest BCUT2D eigenvalue weighted by Crippen LogP contribution is 2.34. The second kappa shape index (κ2) is 7.69. The first-order chi connectivity index (χ1) is 14.3. The minimum atomic E-state index is -2.76. The van der Waals surface area contributed by atoms with Crippen molar-refractivity contribution in [3.63, 3.8) is 0 Å². The summed E-state index contributed by atoms with van der Waals surface area (Å²) in [5.41, 5.74) is 3.91. The Morgan fingerprint density at radius 1 is 1.27 bits per heavy atom. The molecule has 1 atom stereocenters. The Morgan fingerprint density at radius 3 is 2.80 bits per heavy atom. The maximum Gasteiger partial charge on any atom is 0.326 e. The molecule has 1 aromatic heterocycles. The number of nitrogens with zero attached hydrogens (tertiary/aromatic N) is 3. The van der Waals surface area contributed by atoms with Crippen LogP contribution in [0.15, 0.2) is 54.6 Å². The fourth-order valence-corrected chi connectivity index (χ4v) is 3.35. The van der Waals surface area contributed by atoms with Gasteiger partial charge in [0.25, 0.3) is 6.43 Å². The molecule has 1 unspecified atom stereocenters. The number of allylic oxidation sites excluding steroid dienone is 1. The number of carbonyl (C=O) groups is 1. The molecule has 2 aliphatic rings. The number of carbonyl (C=O) groups excluding carboxylic acids is 1. The van der Waals surface area contributed by atoms with Crippen molar-refractivity contribution in [1.29, 1.82) is 0 Å². The maximum atomic E-state index is 14.3. The molecular weight excluding hydrogens is 402 g/mol. The van der Waals surface area contributed by atoms with E-state index in [1.165, 1.54) is 29.4 Å². The van der Waals surface area contributed by atoms with Crippen molar-refractivity contribution in [2.24, 2.45) is 0 Å². The van der Waals surface area contributed by atoms with Crippen LogP contribution in [-0.2, 0) is 0 Å². The quantitative estimate of drug-likeness (QED) is 0.731. The van der Waals surface area contributed by atoms with Gasteiger partial charge in [0, 0.05) is 41.5 Å². The number of fused-ring (bicyclic) bond motifs is 1. The van der Waals surface area contributed by atoms with Crippen LogP contribution in [0.3, 0.4) is 0 Å². The summed E-state index contributed by atoms with van der Waals surface area (Å²) in [6.45, 7) is 2.20. The number of benzene rings is 1. The first kappa shape index (κ1) is 19.7. The number of rotatable bonds is 3. The van der Waals surface area contributed by atoms with Gasteiger partial charge in [0.2, 0.25) is 0 Å². The van der Waals surface area contributed by atoms with E-state index in [-0.39, 0.29) is 17.3 Å². The lowest BCUT2D eigenvalue weighted by Crippen LogP contribution is -2.49. The van der Waals surface area contributed by atoms with Gasteiger partial charge in [-0.15, -0.1) is 0 Å². The zero-order chi connectivity index (χ0) is 21.4. The van der Waals surface area contributed by atoms with Gasteiger partial charge in [0.15, 0.2) is 0 Å². The fourth-order valence-electron chi connectivity index (χ4n) is 3.35. The number of hydrogen-bond donors (Lipinski definition) is 2. The van der Waals surface area contributed by atoms with Crippen molar-refractivity contribution in [1.82, 2.24) is 20.3 Å². The molecule has 2 N–H and O–H groups in total. The van der Waals surface area contributed by atoms with E-state index in [0.717, 1.165) is 18.2 Å². The summed E-state index contributed by atoms with van der Waals surface area (Å²) in [7, 11) is 0. The first-order valence-electron chi connectivity index (χ1n) is 9.08. The summed E-state index contributed by atoms with van der Waals surface area (Å²) in [6.07, 6.45) is 1.55. The molecule has 3 heterocycles. The molecular formula is C20H17F4N5O. The molecule has 2 amide bonds. The van der Waals surface area contributed by atoms with E-state index >= 15 is 0 Å². The molecule has 156 valence electrons. The van der Waals surface area contributed by atoms with E-state index in [9.17, 15) is 22.4 Å². The number of nitrogens with one attached hydrogen (secondary N) is 2. The van der Waals surface area contributed by atoms with E-state index < -0.39 is 29.8 Å². The Morgan fingerprint density at radius 2 is 2.07 bits per heavy atom. The highest BCUT2D eigenvalue weighted by molar-refractivity contribution is 5.91. The van der Waals surface area contributed by atoms with Crippen LogP contribution in [0.4, 0.5) is 28.0 Å². The maximum absolute atomic E-state index is 14.3. The van der Waals surface area contributed by atoms with Crippen LogP contribution in [-0.4, -0.2) is 33.5 Å². The van der Waals surface area contributed by atoms with E-state index in [1.54, 1.807) is 11.2 Å². The molecule has 2 aromatic rings. The van der Waals surface area contributed by atoms with Gasteiger partial charge in [-0.1, -0.05) is 0 Å².